The van der Waals surface area contributed by atoms with Crippen molar-refractivity contribution in [2.45, 2.75) is 53.1 Å². The summed E-state index contributed by atoms with van der Waals surface area (Å²) < 4.78 is 3.63. The van der Waals surface area contributed by atoms with E-state index in [0.29, 0.717) is 50.4 Å². The summed E-state index contributed by atoms with van der Waals surface area (Å²) in [6, 6.07) is 10.7. The van der Waals surface area contributed by atoms with Crippen LogP contribution in [0.4, 0.5) is 11.4 Å². The molecule has 0 spiro atoms. The van der Waals surface area contributed by atoms with Crippen LogP contribution in [0.15, 0.2) is 48.8 Å². The Labute approximate surface area is 317 Å². The number of carbonyl (C=O) groups is 2. The fraction of sp³-hybridized carbons (Fsp3) is 0.294. The van der Waals surface area contributed by atoms with Gasteiger partial charge in [-0.25, -0.2) is 9.97 Å². The highest BCUT2D eigenvalue weighted by molar-refractivity contribution is 6.35. The molecule has 6 aromatic rings. The zero-order valence-electron chi connectivity index (χ0n) is 27.8. The Morgan fingerprint density at radius 1 is 0.725 bits per heavy atom. The Morgan fingerprint density at radius 3 is 1.94 bits per heavy atom. The molecule has 0 fully saturated rings. The first-order valence-electron chi connectivity index (χ1n) is 15.9. The zero-order chi connectivity index (χ0) is 36.6. The number of hydrogen-bond acceptors (Lipinski definition) is 8. The van der Waals surface area contributed by atoms with Crippen molar-refractivity contribution >= 4 is 103 Å². The van der Waals surface area contributed by atoms with Crippen LogP contribution < -0.4 is 10.6 Å². The SMILES string of the molecule is CC(C)Cn1cc2c(C3C(=O)Nc4ccc(Cl)cc43)nc(Cl)nc2n1.CC(C)Cn1cc2c(Cl)nc(Cl)nc2n1.O=C1Cc2cc(Cl)ccc2N1. The molecule has 12 nitrogen and oxygen atoms in total. The van der Waals surface area contributed by atoms with Crippen LogP contribution in [-0.2, 0) is 29.1 Å². The van der Waals surface area contributed by atoms with Crippen molar-refractivity contribution in [2.24, 2.45) is 11.8 Å². The maximum atomic E-state index is 12.6. The fourth-order valence-electron chi connectivity index (χ4n) is 5.70. The lowest BCUT2D eigenvalue weighted by molar-refractivity contribution is -0.116. The standard InChI is InChI=1S/C17H15Cl2N5O.C9H10Cl2N4.C8H6ClNO/c1-8(2)6-24-7-11-14(21-17(19)22-15(11)23-24)13-10-5-9(18)3-4-12(10)20-16(13)25;1-5(2)3-15-4-6-7(10)12-9(11)13-8(6)14-15;9-6-1-2-7-5(3-6)4-8(11)10-7/h3-5,7-8,13H,6H2,1-2H3,(H,20,25);4-5H,3H2,1-2H3;1-3H,4H2,(H,10,11). The number of carbonyl (C=O) groups excluding carboxylic acids is 2. The molecule has 2 aromatic carbocycles. The molecule has 1 unspecified atom stereocenters. The molecule has 0 aliphatic carbocycles. The van der Waals surface area contributed by atoms with Gasteiger partial charge in [-0.1, -0.05) is 62.5 Å². The van der Waals surface area contributed by atoms with Crippen molar-refractivity contribution < 1.29 is 9.59 Å². The van der Waals surface area contributed by atoms with Gasteiger partial charge in [0, 0.05) is 46.9 Å². The smallest absolute Gasteiger partial charge is 0.238 e. The van der Waals surface area contributed by atoms with E-state index in [2.05, 4.69) is 68.5 Å². The van der Waals surface area contributed by atoms with Gasteiger partial charge in [0.25, 0.3) is 0 Å². The molecule has 0 radical (unpaired) electrons. The molecule has 2 aliphatic rings. The first-order chi connectivity index (χ1) is 24.2. The van der Waals surface area contributed by atoms with Crippen LogP contribution >= 0.6 is 58.0 Å². The first kappa shape index (κ1) is 36.7. The van der Waals surface area contributed by atoms with E-state index < -0.39 is 5.92 Å². The molecule has 4 aromatic heterocycles. The van der Waals surface area contributed by atoms with Gasteiger partial charge in [-0.3, -0.25) is 19.0 Å². The summed E-state index contributed by atoms with van der Waals surface area (Å²) in [6.07, 6.45) is 4.17. The lowest BCUT2D eigenvalue weighted by atomic mass is 9.95. The predicted molar refractivity (Wildman–Crippen MR) is 201 cm³/mol. The molecule has 17 heteroatoms. The monoisotopic (exact) mass is 786 g/mol. The molecule has 6 heterocycles. The van der Waals surface area contributed by atoms with Gasteiger partial charge in [-0.15, -0.1) is 0 Å². The molecular formula is C34H31Cl5N10O2. The topological polar surface area (TPSA) is 145 Å². The summed E-state index contributed by atoms with van der Waals surface area (Å²) in [5.74, 6) is 0.234. The highest BCUT2D eigenvalue weighted by atomic mass is 35.5. The van der Waals surface area contributed by atoms with E-state index in [0.717, 1.165) is 46.4 Å². The summed E-state index contributed by atoms with van der Waals surface area (Å²) >= 11 is 29.6. The molecule has 2 N–H and O–H groups in total. The second-order valence-corrected chi connectivity index (χ2v) is 14.7. The van der Waals surface area contributed by atoms with E-state index >= 15 is 0 Å². The Bertz CT molecular complexity index is 2290. The first-order valence-corrected chi connectivity index (χ1v) is 17.8. The highest BCUT2D eigenvalue weighted by Gasteiger charge is 2.35. The third-order valence-electron chi connectivity index (χ3n) is 7.70. The third kappa shape index (κ3) is 8.53. The highest BCUT2D eigenvalue weighted by Crippen LogP contribution is 2.40. The van der Waals surface area contributed by atoms with Gasteiger partial charge >= 0.3 is 0 Å². The Balaban J connectivity index is 0.000000146. The second kappa shape index (κ2) is 15.3. The van der Waals surface area contributed by atoms with Crippen molar-refractivity contribution in [3.05, 3.63) is 91.4 Å². The minimum atomic E-state index is -0.589. The van der Waals surface area contributed by atoms with Crippen LogP contribution in [0.25, 0.3) is 22.1 Å². The molecule has 2 amide bonds. The van der Waals surface area contributed by atoms with Gasteiger partial charge < -0.3 is 10.6 Å². The number of rotatable bonds is 5. The number of nitrogens with zero attached hydrogens (tertiary/aromatic N) is 8. The van der Waals surface area contributed by atoms with Crippen LogP contribution in [-0.4, -0.2) is 51.3 Å². The molecular weight excluding hydrogens is 758 g/mol. The number of anilines is 2. The summed E-state index contributed by atoms with van der Waals surface area (Å²) in [6.45, 7) is 10.0. The van der Waals surface area contributed by atoms with Gasteiger partial charge in [-0.2, -0.15) is 20.2 Å². The molecule has 0 bridgehead atoms. The summed E-state index contributed by atoms with van der Waals surface area (Å²) in [5.41, 5.74) is 4.96. The van der Waals surface area contributed by atoms with Gasteiger partial charge in [0.05, 0.1) is 22.9 Å². The van der Waals surface area contributed by atoms with Crippen molar-refractivity contribution in [1.82, 2.24) is 39.5 Å². The van der Waals surface area contributed by atoms with Gasteiger partial charge in [-0.05, 0) is 82.6 Å². The minimum absolute atomic E-state index is 0.0438. The maximum absolute atomic E-state index is 12.6. The lowest BCUT2D eigenvalue weighted by Gasteiger charge is -2.09. The van der Waals surface area contributed by atoms with E-state index in [1.54, 1.807) is 24.3 Å². The van der Waals surface area contributed by atoms with Crippen LogP contribution in [0.1, 0.15) is 50.4 Å². The average molecular weight is 789 g/mol. The number of hydrogen-bond donors (Lipinski definition) is 2. The quantitative estimate of drug-likeness (QED) is 0.131. The number of fused-ring (bicyclic) bond motifs is 4. The van der Waals surface area contributed by atoms with Gasteiger partial charge in [0.15, 0.2) is 11.3 Å². The van der Waals surface area contributed by atoms with Crippen LogP contribution in [0.5, 0.6) is 0 Å². The van der Waals surface area contributed by atoms with Crippen LogP contribution in [0.3, 0.4) is 0 Å². The number of benzene rings is 2. The summed E-state index contributed by atoms with van der Waals surface area (Å²) in [5, 5.41) is 17.6. The number of amides is 2. The van der Waals surface area contributed by atoms with Crippen molar-refractivity contribution in [1.29, 1.82) is 0 Å². The Hall–Kier alpha value is -4.07. The fourth-order valence-corrected chi connectivity index (χ4v) is 6.66. The predicted octanol–water partition coefficient (Wildman–Crippen LogP) is 8.50. The number of aromatic nitrogens is 8. The summed E-state index contributed by atoms with van der Waals surface area (Å²) in [7, 11) is 0. The van der Waals surface area contributed by atoms with Gasteiger partial charge in [0.1, 0.15) is 11.1 Å². The molecule has 0 saturated carbocycles. The summed E-state index contributed by atoms with van der Waals surface area (Å²) in [4.78, 5) is 39.9. The van der Waals surface area contributed by atoms with Gasteiger partial charge in [0.2, 0.25) is 22.4 Å². The molecule has 8 rings (SSSR count). The van der Waals surface area contributed by atoms with Crippen LogP contribution in [0.2, 0.25) is 25.8 Å². The number of halogens is 5. The van der Waals surface area contributed by atoms with E-state index in [1.807, 2.05) is 33.9 Å². The van der Waals surface area contributed by atoms with Crippen molar-refractivity contribution in [2.75, 3.05) is 10.6 Å². The van der Waals surface area contributed by atoms with E-state index in [1.165, 1.54) is 0 Å². The largest absolute Gasteiger partial charge is 0.326 e. The lowest BCUT2D eigenvalue weighted by Crippen LogP contribution is -2.15. The Morgan fingerprint density at radius 2 is 1.29 bits per heavy atom. The molecule has 264 valence electrons. The number of nitrogens with one attached hydrogen (secondary N) is 2. The zero-order valence-corrected chi connectivity index (χ0v) is 31.5. The average Bonchev–Trinajstić information content (AvgIpc) is 3.79. The van der Waals surface area contributed by atoms with E-state index in [4.69, 9.17) is 58.0 Å². The Kier molecular flexibility index (Phi) is 11.0. The molecule has 2 aliphatic heterocycles. The van der Waals surface area contributed by atoms with Crippen LogP contribution in [0, 0.1) is 11.8 Å². The second-order valence-electron chi connectivity index (χ2n) is 12.8. The molecule has 0 saturated heterocycles. The maximum Gasteiger partial charge on any atom is 0.238 e. The normalized spacial score (nSPS) is 14.6. The van der Waals surface area contributed by atoms with E-state index in [9.17, 15) is 9.59 Å². The molecule has 1 atom stereocenters. The third-order valence-corrected chi connectivity index (χ3v) is 8.79. The molecule has 51 heavy (non-hydrogen) atoms. The van der Waals surface area contributed by atoms with E-state index in [-0.39, 0.29) is 22.4 Å². The minimum Gasteiger partial charge on any atom is -0.326 e. The van der Waals surface area contributed by atoms with Crippen molar-refractivity contribution in [3.63, 3.8) is 0 Å². The van der Waals surface area contributed by atoms with Crippen molar-refractivity contribution in [3.8, 4) is 0 Å².